The molecule has 1 amide bonds. The molecule has 0 aliphatic heterocycles. The fraction of sp³-hybridized carbons (Fsp3) is 0.833. The lowest BCUT2D eigenvalue weighted by Crippen LogP contribution is -2.50. The van der Waals surface area contributed by atoms with Gasteiger partial charge in [-0.1, -0.05) is 32.3 Å². The zero-order chi connectivity index (χ0) is 13.5. The van der Waals surface area contributed by atoms with Crippen LogP contribution in [0, 0.1) is 5.41 Å². The first-order valence-corrected chi connectivity index (χ1v) is 6.23. The molecule has 100 valence electrons. The zero-order valence-corrected chi connectivity index (χ0v) is 11.4. The van der Waals surface area contributed by atoms with Crippen LogP contribution in [-0.2, 0) is 4.79 Å². The highest BCUT2D eigenvalue weighted by atomic mass is 16.4. The number of nitrogens with two attached hydrogens (primary N) is 1. The molecular formula is C12H25N3O2. The van der Waals surface area contributed by atoms with Gasteiger partial charge in [-0.25, -0.2) is 0 Å². The van der Waals surface area contributed by atoms with Crippen molar-refractivity contribution in [2.24, 2.45) is 16.3 Å². The van der Waals surface area contributed by atoms with Crippen molar-refractivity contribution in [3.63, 3.8) is 0 Å². The van der Waals surface area contributed by atoms with Crippen molar-refractivity contribution in [2.45, 2.75) is 46.5 Å². The first-order chi connectivity index (χ1) is 7.99. The summed E-state index contributed by atoms with van der Waals surface area (Å²) in [6, 6.07) is 0. The van der Waals surface area contributed by atoms with Crippen LogP contribution in [0.1, 0.15) is 46.5 Å². The maximum Gasteiger partial charge on any atom is 0.236 e. The molecule has 0 fully saturated rings. The maximum atomic E-state index is 12.4. The largest absolute Gasteiger partial charge is 0.409 e. The maximum absolute atomic E-state index is 12.4. The molecule has 0 rings (SSSR count). The van der Waals surface area contributed by atoms with Gasteiger partial charge in [0.05, 0.1) is 0 Å². The summed E-state index contributed by atoms with van der Waals surface area (Å²) in [5.41, 5.74) is 4.83. The Labute approximate surface area is 104 Å². The van der Waals surface area contributed by atoms with Crippen molar-refractivity contribution >= 4 is 11.7 Å². The molecule has 0 saturated heterocycles. The van der Waals surface area contributed by atoms with Gasteiger partial charge in [0, 0.05) is 13.6 Å². The summed E-state index contributed by atoms with van der Waals surface area (Å²) in [5.74, 6) is -0.0536. The summed E-state index contributed by atoms with van der Waals surface area (Å²) in [5, 5.41) is 11.9. The predicted molar refractivity (Wildman–Crippen MR) is 69.0 cm³/mol. The van der Waals surface area contributed by atoms with Gasteiger partial charge < -0.3 is 15.8 Å². The van der Waals surface area contributed by atoms with Gasteiger partial charge in [0.1, 0.15) is 5.41 Å². The molecule has 0 unspecified atom stereocenters. The Morgan fingerprint density at radius 1 is 1.35 bits per heavy atom. The number of amides is 1. The first-order valence-electron chi connectivity index (χ1n) is 6.23. The van der Waals surface area contributed by atoms with Gasteiger partial charge in [0.25, 0.3) is 0 Å². The summed E-state index contributed by atoms with van der Waals surface area (Å²) < 4.78 is 0. The van der Waals surface area contributed by atoms with Gasteiger partial charge in [-0.2, -0.15) is 0 Å². The van der Waals surface area contributed by atoms with Gasteiger partial charge in [0.2, 0.25) is 5.91 Å². The highest BCUT2D eigenvalue weighted by molar-refractivity contribution is 6.06. The second-order valence-corrected chi connectivity index (χ2v) is 4.35. The van der Waals surface area contributed by atoms with E-state index in [-0.39, 0.29) is 11.7 Å². The molecule has 0 bridgehead atoms. The topological polar surface area (TPSA) is 78.9 Å². The molecule has 0 aromatic heterocycles. The van der Waals surface area contributed by atoms with Crippen LogP contribution in [-0.4, -0.2) is 35.4 Å². The molecule has 0 saturated carbocycles. The molecule has 0 spiro atoms. The minimum absolute atomic E-state index is 0.0100. The number of rotatable bonds is 7. The number of hydrogen-bond acceptors (Lipinski definition) is 3. The monoisotopic (exact) mass is 243 g/mol. The molecule has 0 heterocycles. The van der Waals surface area contributed by atoms with Crippen molar-refractivity contribution in [1.82, 2.24) is 4.90 Å². The standard InChI is InChI=1S/C12H25N3O2/c1-5-8-9-15(4)11(16)12(6-2,7-3)10(13)14-17/h17H,5-9H2,1-4H3,(H2,13,14). The van der Waals surface area contributed by atoms with E-state index in [2.05, 4.69) is 12.1 Å². The zero-order valence-electron chi connectivity index (χ0n) is 11.4. The van der Waals surface area contributed by atoms with E-state index in [0.29, 0.717) is 19.4 Å². The fourth-order valence-electron chi connectivity index (χ4n) is 1.98. The Kier molecular flexibility index (Phi) is 6.61. The summed E-state index contributed by atoms with van der Waals surface area (Å²) in [7, 11) is 1.77. The molecule has 5 heteroatoms. The second kappa shape index (κ2) is 7.14. The molecule has 0 atom stereocenters. The van der Waals surface area contributed by atoms with E-state index in [1.54, 1.807) is 11.9 Å². The average Bonchev–Trinajstić information content (AvgIpc) is 2.37. The Bertz CT molecular complexity index is 273. The van der Waals surface area contributed by atoms with Gasteiger partial charge in [0.15, 0.2) is 5.84 Å². The lowest BCUT2D eigenvalue weighted by Gasteiger charge is -2.33. The Morgan fingerprint density at radius 3 is 2.24 bits per heavy atom. The number of unbranched alkanes of at least 4 members (excludes halogenated alkanes) is 1. The third-order valence-electron chi connectivity index (χ3n) is 3.41. The molecule has 0 aliphatic rings. The molecule has 0 aliphatic carbocycles. The summed E-state index contributed by atoms with van der Waals surface area (Å²) in [6.45, 7) is 6.55. The van der Waals surface area contributed by atoms with Crippen LogP contribution in [0.15, 0.2) is 5.16 Å². The number of oxime groups is 1. The third-order valence-corrected chi connectivity index (χ3v) is 3.41. The highest BCUT2D eigenvalue weighted by Gasteiger charge is 2.41. The van der Waals surface area contributed by atoms with Gasteiger partial charge in [-0.3, -0.25) is 4.79 Å². The molecule has 17 heavy (non-hydrogen) atoms. The average molecular weight is 243 g/mol. The van der Waals surface area contributed by atoms with Crippen LogP contribution < -0.4 is 5.73 Å². The van der Waals surface area contributed by atoms with Crippen LogP contribution in [0.25, 0.3) is 0 Å². The van der Waals surface area contributed by atoms with E-state index in [4.69, 9.17) is 10.9 Å². The van der Waals surface area contributed by atoms with Gasteiger partial charge in [-0.05, 0) is 19.3 Å². The van der Waals surface area contributed by atoms with Gasteiger partial charge in [-0.15, -0.1) is 0 Å². The number of carbonyl (C=O) groups excluding carboxylic acids is 1. The van der Waals surface area contributed by atoms with Crippen LogP contribution in [0.4, 0.5) is 0 Å². The molecule has 0 aromatic carbocycles. The molecule has 3 N–H and O–H groups in total. The Morgan fingerprint density at radius 2 is 1.88 bits per heavy atom. The van der Waals surface area contributed by atoms with Crippen LogP contribution in [0.2, 0.25) is 0 Å². The predicted octanol–water partition coefficient (Wildman–Crippen LogP) is 1.80. The van der Waals surface area contributed by atoms with E-state index in [9.17, 15) is 4.79 Å². The van der Waals surface area contributed by atoms with Crippen LogP contribution >= 0.6 is 0 Å². The van der Waals surface area contributed by atoms with Crippen molar-refractivity contribution in [3.8, 4) is 0 Å². The second-order valence-electron chi connectivity index (χ2n) is 4.35. The van der Waals surface area contributed by atoms with E-state index in [1.807, 2.05) is 13.8 Å². The van der Waals surface area contributed by atoms with Gasteiger partial charge >= 0.3 is 0 Å². The highest BCUT2D eigenvalue weighted by Crippen LogP contribution is 2.29. The minimum atomic E-state index is -0.864. The van der Waals surface area contributed by atoms with E-state index in [1.165, 1.54) is 0 Å². The van der Waals surface area contributed by atoms with Crippen molar-refractivity contribution in [1.29, 1.82) is 0 Å². The van der Waals surface area contributed by atoms with E-state index in [0.717, 1.165) is 12.8 Å². The van der Waals surface area contributed by atoms with E-state index >= 15 is 0 Å². The molecule has 0 aromatic rings. The number of nitrogens with zero attached hydrogens (tertiary/aromatic N) is 2. The molecular weight excluding hydrogens is 218 g/mol. The Hall–Kier alpha value is -1.26. The third kappa shape index (κ3) is 3.35. The van der Waals surface area contributed by atoms with Crippen LogP contribution in [0.5, 0.6) is 0 Å². The van der Waals surface area contributed by atoms with Crippen molar-refractivity contribution in [3.05, 3.63) is 0 Å². The number of amidine groups is 1. The number of hydrogen-bond donors (Lipinski definition) is 2. The SMILES string of the molecule is CCCCN(C)C(=O)C(CC)(CC)C(N)=NO. The summed E-state index contributed by atoms with van der Waals surface area (Å²) in [4.78, 5) is 14.1. The molecule has 5 nitrogen and oxygen atoms in total. The van der Waals surface area contributed by atoms with Crippen molar-refractivity contribution in [2.75, 3.05) is 13.6 Å². The van der Waals surface area contributed by atoms with E-state index < -0.39 is 5.41 Å². The lowest BCUT2D eigenvalue weighted by molar-refractivity contribution is -0.137. The lowest BCUT2D eigenvalue weighted by atomic mass is 9.79. The fourth-order valence-corrected chi connectivity index (χ4v) is 1.98. The summed E-state index contributed by atoms with van der Waals surface area (Å²) >= 11 is 0. The smallest absolute Gasteiger partial charge is 0.236 e. The van der Waals surface area contributed by atoms with Crippen molar-refractivity contribution < 1.29 is 10.0 Å². The molecule has 0 radical (unpaired) electrons. The Balaban J connectivity index is 5.00. The normalized spacial score (nSPS) is 12.6. The summed E-state index contributed by atoms with van der Waals surface area (Å²) in [6.07, 6.45) is 3.07. The quantitative estimate of drug-likeness (QED) is 0.310. The van der Waals surface area contributed by atoms with Crippen LogP contribution in [0.3, 0.4) is 0 Å². The number of carbonyl (C=O) groups is 1. The first kappa shape index (κ1) is 15.7. The minimum Gasteiger partial charge on any atom is -0.409 e.